The molecular formula is C26H30N2O7. The van der Waals surface area contributed by atoms with Gasteiger partial charge in [-0.25, -0.2) is 0 Å². The zero-order chi connectivity index (χ0) is 25.3. The number of likely N-dealkylation sites (tertiary alicyclic amines) is 1. The molecule has 186 valence electrons. The highest BCUT2D eigenvalue weighted by Crippen LogP contribution is 2.42. The lowest BCUT2D eigenvalue weighted by Crippen LogP contribution is -2.33. The van der Waals surface area contributed by atoms with Crippen molar-refractivity contribution >= 4 is 23.1 Å². The second kappa shape index (κ2) is 9.87. The predicted octanol–water partition coefficient (Wildman–Crippen LogP) is 3.08. The minimum atomic E-state index is -0.910. The highest BCUT2D eigenvalue weighted by molar-refractivity contribution is 6.46. The molecule has 35 heavy (non-hydrogen) atoms. The van der Waals surface area contributed by atoms with Crippen LogP contribution in [0.5, 0.6) is 17.2 Å². The number of amides is 1. The van der Waals surface area contributed by atoms with Crippen molar-refractivity contribution in [1.29, 1.82) is 0 Å². The fourth-order valence-corrected chi connectivity index (χ4v) is 4.37. The first-order chi connectivity index (χ1) is 16.7. The van der Waals surface area contributed by atoms with E-state index >= 15 is 0 Å². The van der Waals surface area contributed by atoms with E-state index in [1.807, 2.05) is 25.8 Å². The number of ether oxygens (including phenoxy) is 3. The summed E-state index contributed by atoms with van der Waals surface area (Å²) in [5.74, 6) is -1.03. The number of rotatable bonds is 7. The number of anilines is 1. The molecule has 2 aliphatic heterocycles. The van der Waals surface area contributed by atoms with Crippen LogP contribution in [-0.2, 0) is 14.3 Å². The molecule has 0 saturated carbocycles. The van der Waals surface area contributed by atoms with Crippen molar-refractivity contribution in [2.24, 2.45) is 0 Å². The fourth-order valence-electron chi connectivity index (χ4n) is 4.37. The molecular weight excluding hydrogens is 452 g/mol. The van der Waals surface area contributed by atoms with Crippen LogP contribution < -0.4 is 14.4 Å². The van der Waals surface area contributed by atoms with Crippen LogP contribution in [0.2, 0.25) is 0 Å². The van der Waals surface area contributed by atoms with Gasteiger partial charge in [-0.05, 0) is 49.7 Å². The Kier molecular flexibility index (Phi) is 6.88. The van der Waals surface area contributed by atoms with Gasteiger partial charge in [0.05, 0.1) is 43.7 Å². The van der Waals surface area contributed by atoms with Crippen molar-refractivity contribution in [3.05, 3.63) is 53.1 Å². The summed E-state index contributed by atoms with van der Waals surface area (Å²) < 4.78 is 16.4. The standard InChI is InChI=1S/C26H30N2O7/c1-15(2)34-12-10-28-23(16-5-8-21(33-4)19(29)14-16)22(25(31)26(28)32)24(30)17-6-7-20-18(13-17)27(3)9-11-35-20/h5-8,13-15,23,29-30H,9-12H2,1-4H3/b24-22-. The molecule has 9 heteroatoms. The van der Waals surface area contributed by atoms with Crippen LogP contribution in [0.1, 0.15) is 31.0 Å². The number of phenolic OH excluding ortho intramolecular Hbond substituents is 1. The molecule has 1 unspecified atom stereocenters. The molecule has 0 spiro atoms. The van der Waals surface area contributed by atoms with Gasteiger partial charge in [0.15, 0.2) is 11.5 Å². The van der Waals surface area contributed by atoms with Crippen molar-refractivity contribution in [2.45, 2.75) is 26.0 Å². The third-order valence-electron chi connectivity index (χ3n) is 6.17. The minimum Gasteiger partial charge on any atom is -0.507 e. The number of aliphatic hydroxyl groups excluding tert-OH is 1. The number of carbonyl (C=O) groups excluding carboxylic acids is 2. The summed E-state index contributed by atoms with van der Waals surface area (Å²) in [6.07, 6.45) is -0.0509. The van der Waals surface area contributed by atoms with E-state index in [4.69, 9.17) is 14.2 Å². The Hall–Kier alpha value is -3.72. The zero-order valence-corrected chi connectivity index (χ0v) is 20.3. The Morgan fingerprint density at radius 2 is 1.97 bits per heavy atom. The maximum absolute atomic E-state index is 13.2. The van der Waals surface area contributed by atoms with E-state index < -0.39 is 17.7 Å². The molecule has 0 aliphatic carbocycles. The van der Waals surface area contributed by atoms with Gasteiger partial charge in [0, 0.05) is 19.2 Å². The summed E-state index contributed by atoms with van der Waals surface area (Å²) in [6, 6.07) is 8.88. The molecule has 1 saturated heterocycles. The number of aromatic hydroxyl groups is 1. The molecule has 0 bridgehead atoms. The molecule has 2 aromatic rings. The Balaban J connectivity index is 1.82. The molecule has 0 aromatic heterocycles. The number of aliphatic hydroxyl groups is 1. The molecule has 2 aliphatic rings. The van der Waals surface area contributed by atoms with Gasteiger partial charge in [-0.1, -0.05) is 6.07 Å². The van der Waals surface area contributed by atoms with Gasteiger partial charge >= 0.3 is 0 Å². The third-order valence-corrected chi connectivity index (χ3v) is 6.17. The van der Waals surface area contributed by atoms with Crippen LogP contribution in [0.15, 0.2) is 42.0 Å². The number of hydrogen-bond acceptors (Lipinski definition) is 8. The lowest BCUT2D eigenvalue weighted by atomic mass is 9.94. The first-order valence-electron chi connectivity index (χ1n) is 11.5. The SMILES string of the molecule is COc1ccc(C2/C(=C(/O)c3ccc4c(c3)N(C)CCO4)C(=O)C(=O)N2CCOC(C)C)cc1O. The van der Waals surface area contributed by atoms with Crippen molar-refractivity contribution in [3.63, 3.8) is 0 Å². The molecule has 1 atom stereocenters. The van der Waals surface area contributed by atoms with Crippen molar-refractivity contribution < 1.29 is 34.0 Å². The average Bonchev–Trinajstić information content (AvgIpc) is 3.08. The van der Waals surface area contributed by atoms with Crippen molar-refractivity contribution in [3.8, 4) is 17.2 Å². The number of hydrogen-bond donors (Lipinski definition) is 2. The highest BCUT2D eigenvalue weighted by atomic mass is 16.5. The molecule has 2 N–H and O–H groups in total. The number of fused-ring (bicyclic) bond motifs is 1. The normalized spacial score (nSPS) is 19.2. The van der Waals surface area contributed by atoms with E-state index in [1.54, 1.807) is 30.3 Å². The van der Waals surface area contributed by atoms with Gasteiger partial charge in [0.1, 0.15) is 18.1 Å². The van der Waals surface area contributed by atoms with E-state index in [1.165, 1.54) is 18.1 Å². The smallest absolute Gasteiger partial charge is 0.295 e. The number of methoxy groups -OCH3 is 1. The summed E-state index contributed by atoms with van der Waals surface area (Å²) in [5.41, 5.74) is 1.58. The zero-order valence-electron chi connectivity index (χ0n) is 20.3. The van der Waals surface area contributed by atoms with E-state index in [-0.39, 0.29) is 42.1 Å². The number of Topliss-reactive ketones (excluding diaryl/α,β-unsaturated/α-hetero) is 1. The molecule has 4 rings (SSSR count). The number of benzene rings is 2. The Labute approximate surface area is 204 Å². The van der Waals surface area contributed by atoms with Gasteiger partial charge in [0.25, 0.3) is 11.7 Å². The van der Waals surface area contributed by atoms with Gasteiger partial charge in [-0.2, -0.15) is 0 Å². The lowest BCUT2D eigenvalue weighted by molar-refractivity contribution is -0.140. The summed E-state index contributed by atoms with van der Waals surface area (Å²) in [4.78, 5) is 29.6. The number of likely N-dealkylation sites (N-methyl/N-ethyl adjacent to an activating group) is 1. The van der Waals surface area contributed by atoms with Crippen LogP contribution in [0.25, 0.3) is 5.76 Å². The van der Waals surface area contributed by atoms with Crippen molar-refractivity contribution in [1.82, 2.24) is 4.90 Å². The third kappa shape index (κ3) is 4.64. The number of phenols is 1. The molecule has 9 nitrogen and oxygen atoms in total. The minimum absolute atomic E-state index is 0.0509. The number of carbonyl (C=O) groups is 2. The van der Waals surface area contributed by atoms with E-state index in [2.05, 4.69) is 0 Å². The predicted molar refractivity (Wildman–Crippen MR) is 130 cm³/mol. The van der Waals surface area contributed by atoms with Crippen LogP contribution in [0.4, 0.5) is 5.69 Å². The van der Waals surface area contributed by atoms with Crippen LogP contribution in [0, 0.1) is 0 Å². The van der Waals surface area contributed by atoms with Crippen LogP contribution in [0.3, 0.4) is 0 Å². The molecule has 0 radical (unpaired) electrons. The average molecular weight is 483 g/mol. The second-order valence-electron chi connectivity index (χ2n) is 8.80. The summed E-state index contributed by atoms with van der Waals surface area (Å²) in [5, 5.41) is 21.7. The largest absolute Gasteiger partial charge is 0.507 e. The lowest BCUT2D eigenvalue weighted by Gasteiger charge is -2.28. The molecule has 2 aromatic carbocycles. The quantitative estimate of drug-likeness (QED) is 0.352. The maximum atomic E-state index is 13.2. The fraction of sp³-hybridized carbons (Fsp3) is 0.385. The number of nitrogens with zero attached hydrogens (tertiary/aromatic N) is 2. The van der Waals surface area contributed by atoms with Gasteiger partial charge in [-0.15, -0.1) is 0 Å². The van der Waals surface area contributed by atoms with E-state index in [9.17, 15) is 19.8 Å². The Morgan fingerprint density at radius 1 is 1.20 bits per heavy atom. The van der Waals surface area contributed by atoms with Crippen LogP contribution in [-0.4, -0.2) is 73.4 Å². The summed E-state index contributed by atoms with van der Waals surface area (Å²) in [6.45, 7) is 5.35. The van der Waals surface area contributed by atoms with Crippen molar-refractivity contribution in [2.75, 3.05) is 45.4 Å². The first-order valence-corrected chi connectivity index (χ1v) is 11.5. The Bertz CT molecular complexity index is 1170. The monoisotopic (exact) mass is 482 g/mol. The number of ketones is 1. The summed E-state index contributed by atoms with van der Waals surface area (Å²) in [7, 11) is 3.35. The maximum Gasteiger partial charge on any atom is 0.295 e. The highest BCUT2D eigenvalue weighted by Gasteiger charge is 2.46. The molecule has 1 amide bonds. The first kappa shape index (κ1) is 24.4. The van der Waals surface area contributed by atoms with E-state index in [0.717, 1.165) is 5.69 Å². The molecule has 2 heterocycles. The summed E-state index contributed by atoms with van der Waals surface area (Å²) >= 11 is 0. The van der Waals surface area contributed by atoms with Gasteiger partial charge < -0.3 is 34.2 Å². The molecule has 1 fully saturated rings. The topological polar surface area (TPSA) is 109 Å². The van der Waals surface area contributed by atoms with Gasteiger partial charge in [0.2, 0.25) is 0 Å². The van der Waals surface area contributed by atoms with Gasteiger partial charge in [-0.3, -0.25) is 9.59 Å². The van der Waals surface area contributed by atoms with Crippen LogP contribution >= 0.6 is 0 Å². The Morgan fingerprint density at radius 3 is 2.66 bits per heavy atom. The van der Waals surface area contributed by atoms with E-state index in [0.29, 0.717) is 30.0 Å². The second-order valence-corrected chi connectivity index (χ2v) is 8.80.